The van der Waals surface area contributed by atoms with E-state index in [2.05, 4.69) is 30.4 Å². The number of piperidine rings is 1. The zero-order valence-corrected chi connectivity index (χ0v) is 22.8. The van der Waals surface area contributed by atoms with Gasteiger partial charge in [-0.3, -0.25) is 9.48 Å². The summed E-state index contributed by atoms with van der Waals surface area (Å²) in [6.07, 6.45) is 3.41. The molecule has 6 rings (SSSR count). The van der Waals surface area contributed by atoms with Crippen LogP contribution in [0.4, 0.5) is 5.95 Å². The van der Waals surface area contributed by atoms with E-state index < -0.39 is 5.54 Å². The molecular formula is C28H33N9O2. The number of aryl methyl sites for hydroxylation is 4. The predicted molar refractivity (Wildman–Crippen MR) is 146 cm³/mol. The van der Waals surface area contributed by atoms with Gasteiger partial charge in [0.2, 0.25) is 23.6 Å². The molecule has 2 aliphatic rings. The first kappa shape index (κ1) is 25.2. The van der Waals surface area contributed by atoms with Crippen LogP contribution >= 0.6 is 0 Å². The van der Waals surface area contributed by atoms with E-state index in [0.29, 0.717) is 37.7 Å². The summed E-state index contributed by atoms with van der Waals surface area (Å²) in [5.41, 5.74) is 5.03. The van der Waals surface area contributed by atoms with E-state index in [1.54, 1.807) is 11.6 Å². The molecule has 3 aromatic heterocycles. The maximum atomic E-state index is 13.9. The number of hydrogen-bond donors (Lipinski definition) is 1. The van der Waals surface area contributed by atoms with Gasteiger partial charge < -0.3 is 19.5 Å². The van der Waals surface area contributed by atoms with Crippen LogP contribution in [0.2, 0.25) is 0 Å². The molecule has 2 aliphatic heterocycles. The fourth-order valence-corrected chi connectivity index (χ4v) is 5.69. The normalized spacial score (nSPS) is 17.3. The van der Waals surface area contributed by atoms with Gasteiger partial charge in [0.05, 0.1) is 12.2 Å². The summed E-state index contributed by atoms with van der Waals surface area (Å²) >= 11 is 0. The fraction of sp³-hybridized carbons (Fsp3) is 0.429. The first-order valence-electron chi connectivity index (χ1n) is 13.3. The summed E-state index contributed by atoms with van der Waals surface area (Å²) in [4.78, 5) is 27.3. The van der Waals surface area contributed by atoms with Crippen molar-refractivity contribution >= 4 is 11.9 Å². The standard InChI is InChI=1S/C28H33N9O2/c1-18-14-19(2)31-27(30-18)36-11-8-28(9-12-36)26(38)37(13-10-29-28)17-24-23(16-35(4)34-24)21-6-5-7-22(15-21)25-33-32-20(3)39-25/h5-7,14-16,29H,8-13,17H2,1-4H3. The molecule has 4 aromatic rings. The van der Waals surface area contributed by atoms with Gasteiger partial charge in [-0.05, 0) is 50.5 Å². The SMILES string of the molecule is Cc1cc(C)nc(N2CCC3(CC2)NCCN(Cc2nn(C)cc2-c2cccc(-c4nnc(C)o4)c2)C3=O)n1. The highest BCUT2D eigenvalue weighted by molar-refractivity contribution is 5.88. The Balaban J connectivity index is 1.20. The van der Waals surface area contributed by atoms with Crippen molar-refractivity contribution in [1.82, 2.24) is 40.2 Å². The molecule has 1 N–H and O–H groups in total. The van der Waals surface area contributed by atoms with Crippen molar-refractivity contribution in [2.45, 2.75) is 45.7 Å². The number of carbonyl (C=O) groups is 1. The quantitative estimate of drug-likeness (QED) is 0.418. The van der Waals surface area contributed by atoms with Crippen molar-refractivity contribution in [2.24, 2.45) is 7.05 Å². The van der Waals surface area contributed by atoms with Crippen LogP contribution in [0.3, 0.4) is 0 Å². The molecule has 11 heteroatoms. The molecular weight excluding hydrogens is 494 g/mol. The molecule has 39 heavy (non-hydrogen) atoms. The number of piperazine rings is 1. The number of rotatable bonds is 5. The lowest BCUT2D eigenvalue weighted by Gasteiger charge is -2.47. The number of anilines is 1. The van der Waals surface area contributed by atoms with Crippen molar-refractivity contribution in [3.63, 3.8) is 0 Å². The molecule has 0 aliphatic carbocycles. The second kappa shape index (κ2) is 9.88. The predicted octanol–water partition coefficient (Wildman–Crippen LogP) is 2.82. The average molecular weight is 528 g/mol. The molecule has 0 saturated carbocycles. The first-order chi connectivity index (χ1) is 18.8. The smallest absolute Gasteiger partial charge is 0.247 e. The molecule has 2 fully saturated rings. The van der Waals surface area contributed by atoms with E-state index in [1.165, 1.54) is 0 Å². The molecule has 11 nitrogen and oxygen atoms in total. The second-order valence-corrected chi connectivity index (χ2v) is 10.5. The third-order valence-corrected chi connectivity index (χ3v) is 7.60. The highest BCUT2D eigenvalue weighted by atomic mass is 16.4. The van der Waals surface area contributed by atoms with Gasteiger partial charge in [0.1, 0.15) is 5.54 Å². The fourth-order valence-electron chi connectivity index (χ4n) is 5.69. The minimum Gasteiger partial charge on any atom is -0.421 e. The Bertz CT molecular complexity index is 1500. The molecule has 0 bridgehead atoms. The topological polar surface area (TPSA) is 118 Å². The van der Waals surface area contributed by atoms with Crippen LogP contribution in [0, 0.1) is 20.8 Å². The van der Waals surface area contributed by atoms with Gasteiger partial charge in [0.25, 0.3) is 0 Å². The van der Waals surface area contributed by atoms with Gasteiger partial charge in [0.15, 0.2) is 0 Å². The van der Waals surface area contributed by atoms with E-state index >= 15 is 0 Å². The molecule has 0 unspecified atom stereocenters. The van der Waals surface area contributed by atoms with Crippen LogP contribution in [0.25, 0.3) is 22.6 Å². The highest BCUT2D eigenvalue weighted by Crippen LogP contribution is 2.32. The molecule has 1 aromatic carbocycles. The minimum atomic E-state index is -0.571. The molecule has 0 radical (unpaired) electrons. The zero-order chi connectivity index (χ0) is 27.1. The molecule has 1 amide bonds. The molecule has 1 spiro atoms. The van der Waals surface area contributed by atoms with Crippen molar-refractivity contribution < 1.29 is 9.21 Å². The number of nitrogens with zero attached hydrogens (tertiary/aromatic N) is 8. The average Bonchev–Trinajstić information content (AvgIpc) is 3.52. The molecule has 5 heterocycles. The van der Waals surface area contributed by atoms with E-state index in [-0.39, 0.29) is 5.91 Å². The Morgan fingerprint density at radius 1 is 1.00 bits per heavy atom. The number of carbonyl (C=O) groups excluding carboxylic acids is 1. The molecule has 202 valence electrons. The summed E-state index contributed by atoms with van der Waals surface area (Å²) in [5, 5.41) is 16.4. The van der Waals surface area contributed by atoms with E-state index in [1.807, 2.05) is 62.3 Å². The summed E-state index contributed by atoms with van der Waals surface area (Å²) < 4.78 is 7.43. The van der Waals surface area contributed by atoms with Gasteiger partial charge in [-0.15, -0.1) is 10.2 Å². The van der Waals surface area contributed by atoms with Crippen molar-refractivity contribution in [2.75, 3.05) is 31.1 Å². The van der Waals surface area contributed by atoms with Crippen LogP contribution in [-0.2, 0) is 18.4 Å². The Morgan fingerprint density at radius 3 is 2.46 bits per heavy atom. The van der Waals surface area contributed by atoms with Crippen LogP contribution in [0.1, 0.15) is 35.8 Å². The summed E-state index contributed by atoms with van der Waals surface area (Å²) in [6, 6.07) is 9.97. The zero-order valence-electron chi connectivity index (χ0n) is 22.8. The van der Waals surface area contributed by atoms with Gasteiger partial charge in [-0.2, -0.15) is 5.10 Å². The Hall–Kier alpha value is -4.12. The lowest BCUT2D eigenvalue weighted by Crippen LogP contribution is -2.67. The lowest BCUT2D eigenvalue weighted by atomic mass is 9.84. The van der Waals surface area contributed by atoms with Gasteiger partial charge in [0, 0.05) is 68.9 Å². The van der Waals surface area contributed by atoms with Crippen LogP contribution in [-0.4, -0.2) is 72.5 Å². The van der Waals surface area contributed by atoms with Gasteiger partial charge in [-0.1, -0.05) is 12.1 Å². The van der Waals surface area contributed by atoms with Crippen molar-refractivity contribution in [3.05, 3.63) is 59.5 Å². The number of hydrogen-bond acceptors (Lipinski definition) is 9. The molecule has 0 atom stereocenters. The summed E-state index contributed by atoms with van der Waals surface area (Å²) in [7, 11) is 1.91. The van der Waals surface area contributed by atoms with Crippen molar-refractivity contribution in [3.8, 4) is 22.6 Å². The summed E-state index contributed by atoms with van der Waals surface area (Å²) in [5.74, 6) is 1.90. The third-order valence-electron chi connectivity index (χ3n) is 7.60. The first-order valence-corrected chi connectivity index (χ1v) is 13.3. The lowest BCUT2D eigenvalue weighted by molar-refractivity contribution is -0.143. The second-order valence-electron chi connectivity index (χ2n) is 10.5. The monoisotopic (exact) mass is 527 g/mol. The van der Waals surface area contributed by atoms with E-state index in [4.69, 9.17) is 9.52 Å². The van der Waals surface area contributed by atoms with E-state index in [9.17, 15) is 4.79 Å². The van der Waals surface area contributed by atoms with Crippen LogP contribution in [0.5, 0.6) is 0 Å². The largest absolute Gasteiger partial charge is 0.421 e. The Labute approximate surface area is 227 Å². The van der Waals surface area contributed by atoms with Crippen molar-refractivity contribution in [1.29, 1.82) is 0 Å². The molecule has 2 saturated heterocycles. The minimum absolute atomic E-state index is 0.140. The number of aromatic nitrogens is 6. The Kier molecular flexibility index (Phi) is 6.38. The highest BCUT2D eigenvalue weighted by Gasteiger charge is 2.46. The number of benzene rings is 1. The number of nitrogens with one attached hydrogen (secondary N) is 1. The van der Waals surface area contributed by atoms with Gasteiger partial charge >= 0.3 is 0 Å². The maximum absolute atomic E-state index is 13.9. The van der Waals surface area contributed by atoms with Crippen LogP contribution < -0.4 is 10.2 Å². The van der Waals surface area contributed by atoms with Gasteiger partial charge in [-0.25, -0.2) is 9.97 Å². The number of amides is 1. The van der Waals surface area contributed by atoms with E-state index in [0.717, 1.165) is 59.4 Å². The van der Waals surface area contributed by atoms with Crippen LogP contribution in [0.15, 0.2) is 40.9 Å². The maximum Gasteiger partial charge on any atom is 0.247 e. The Morgan fingerprint density at radius 2 is 1.74 bits per heavy atom. The third kappa shape index (κ3) is 4.89. The summed E-state index contributed by atoms with van der Waals surface area (Å²) in [6.45, 7) is 9.05.